The smallest absolute Gasteiger partial charge is 0.276 e. The van der Waals surface area contributed by atoms with Crippen LogP contribution in [0, 0.1) is 6.92 Å². The lowest BCUT2D eigenvalue weighted by atomic mass is 10.1. The first-order valence-electron chi connectivity index (χ1n) is 9.76. The molecule has 0 aliphatic carbocycles. The van der Waals surface area contributed by atoms with Gasteiger partial charge in [0.25, 0.3) is 11.1 Å². The van der Waals surface area contributed by atoms with Gasteiger partial charge in [0.1, 0.15) is 5.76 Å². The fourth-order valence-corrected chi connectivity index (χ4v) is 5.25. The van der Waals surface area contributed by atoms with E-state index in [1.54, 1.807) is 24.5 Å². The van der Waals surface area contributed by atoms with Crippen molar-refractivity contribution in [1.82, 2.24) is 14.9 Å². The van der Waals surface area contributed by atoms with Gasteiger partial charge in [-0.25, -0.2) is 13.1 Å². The summed E-state index contributed by atoms with van der Waals surface area (Å²) in [5.41, 5.74) is 1.62. The molecule has 1 atom stereocenters. The number of halogens is 1. The highest BCUT2D eigenvalue weighted by molar-refractivity contribution is 7.99. The Labute approximate surface area is 195 Å². The molecule has 0 spiro atoms. The highest BCUT2D eigenvalue weighted by atomic mass is 35.5. The number of sulfonamides is 1. The lowest BCUT2D eigenvalue weighted by Crippen LogP contribution is -2.29. The zero-order valence-corrected chi connectivity index (χ0v) is 19.5. The molecule has 166 valence electrons. The van der Waals surface area contributed by atoms with Gasteiger partial charge in [0.05, 0.1) is 16.7 Å². The van der Waals surface area contributed by atoms with Crippen LogP contribution in [-0.2, 0) is 10.0 Å². The summed E-state index contributed by atoms with van der Waals surface area (Å²) in [5.74, 6) is 1.65. The van der Waals surface area contributed by atoms with Crippen LogP contribution >= 0.6 is 23.4 Å². The Hall–Kier alpha value is -2.59. The molecule has 0 radical (unpaired) electrons. The van der Waals surface area contributed by atoms with Crippen molar-refractivity contribution >= 4 is 33.4 Å². The topological polar surface area (TPSA) is 98.2 Å². The largest absolute Gasteiger partial charge is 0.469 e. The second-order valence-electron chi connectivity index (χ2n) is 6.94. The van der Waals surface area contributed by atoms with Crippen LogP contribution in [0.25, 0.3) is 11.5 Å². The van der Waals surface area contributed by atoms with Crippen molar-refractivity contribution in [3.8, 4) is 11.5 Å². The molecule has 0 saturated carbocycles. The summed E-state index contributed by atoms with van der Waals surface area (Å²) >= 11 is 7.26. The number of aryl methyl sites for hydroxylation is 1. The van der Waals surface area contributed by atoms with Gasteiger partial charge in [-0.05, 0) is 49.2 Å². The predicted molar refractivity (Wildman–Crippen MR) is 123 cm³/mol. The van der Waals surface area contributed by atoms with Gasteiger partial charge in [0.2, 0.25) is 10.0 Å². The molecule has 1 unspecified atom stereocenters. The van der Waals surface area contributed by atoms with Crippen molar-refractivity contribution in [2.45, 2.75) is 29.5 Å². The van der Waals surface area contributed by atoms with E-state index >= 15 is 0 Å². The van der Waals surface area contributed by atoms with Crippen molar-refractivity contribution in [2.24, 2.45) is 0 Å². The first kappa shape index (κ1) is 22.6. The van der Waals surface area contributed by atoms with E-state index in [2.05, 4.69) is 14.9 Å². The van der Waals surface area contributed by atoms with Crippen molar-refractivity contribution in [3.05, 3.63) is 83.3 Å². The number of aromatic nitrogens is 2. The molecule has 0 aliphatic rings. The van der Waals surface area contributed by atoms with E-state index in [0.29, 0.717) is 34.1 Å². The minimum Gasteiger partial charge on any atom is -0.469 e. The Morgan fingerprint density at radius 3 is 2.50 bits per heavy atom. The van der Waals surface area contributed by atoms with E-state index in [4.69, 9.17) is 20.4 Å². The molecule has 2 heterocycles. The number of benzene rings is 2. The maximum atomic E-state index is 12.9. The quantitative estimate of drug-likeness (QED) is 0.310. The van der Waals surface area contributed by atoms with Crippen LogP contribution in [0.15, 0.2) is 85.9 Å². The van der Waals surface area contributed by atoms with Gasteiger partial charge >= 0.3 is 0 Å². The Bertz CT molecular complexity index is 1270. The lowest BCUT2D eigenvalue weighted by molar-refractivity contribution is 0.463. The number of rotatable bonds is 9. The van der Waals surface area contributed by atoms with Gasteiger partial charge < -0.3 is 8.83 Å². The summed E-state index contributed by atoms with van der Waals surface area (Å²) in [4.78, 5) is 0.160. The number of hydrogen-bond acceptors (Lipinski definition) is 7. The molecule has 2 aromatic heterocycles. The van der Waals surface area contributed by atoms with Crippen LogP contribution in [0.4, 0.5) is 0 Å². The third-order valence-electron chi connectivity index (χ3n) is 4.75. The Balaban J connectivity index is 1.45. The van der Waals surface area contributed by atoms with Gasteiger partial charge in [0.15, 0.2) is 0 Å². The second kappa shape index (κ2) is 9.91. The zero-order valence-electron chi connectivity index (χ0n) is 17.1. The van der Waals surface area contributed by atoms with Crippen molar-refractivity contribution in [1.29, 1.82) is 0 Å². The summed E-state index contributed by atoms with van der Waals surface area (Å²) in [6.07, 6.45) is 2.09. The molecule has 4 rings (SSSR count). The Kier molecular flexibility index (Phi) is 7.00. The average Bonchev–Trinajstić information content (AvgIpc) is 3.42. The minimum atomic E-state index is -3.73. The van der Waals surface area contributed by atoms with E-state index in [0.717, 1.165) is 11.1 Å². The van der Waals surface area contributed by atoms with E-state index in [9.17, 15) is 8.42 Å². The molecule has 7 nitrogen and oxygen atoms in total. The van der Waals surface area contributed by atoms with Crippen LogP contribution in [0.2, 0.25) is 5.02 Å². The molecule has 2 aromatic carbocycles. The van der Waals surface area contributed by atoms with Crippen LogP contribution in [0.5, 0.6) is 0 Å². The van der Waals surface area contributed by atoms with Crippen molar-refractivity contribution in [2.75, 3.05) is 5.75 Å². The van der Waals surface area contributed by atoms with Crippen LogP contribution in [0.1, 0.15) is 23.8 Å². The van der Waals surface area contributed by atoms with Crippen LogP contribution < -0.4 is 4.72 Å². The Morgan fingerprint density at radius 2 is 1.81 bits per heavy atom. The summed E-state index contributed by atoms with van der Waals surface area (Å²) in [7, 11) is -3.73. The fraction of sp³-hybridized carbons (Fsp3) is 0.182. The third-order valence-corrected chi connectivity index (χ3v) is 7.34. The molecule has 0 amide bonds. The highest BCUT2D eigenvalue weighted by Gasteiger charge is 2.22. The summed E-state index contributed by atoms with van der Waals surface area (Å²) < 4.78 is 39.6. The number of nitrogens with zero attached hydrogens (tertiary/aromatic N) is 2. The number of hydrogen-bond donors (Lipinski definition) is 1. The maximum Gasteiger partial charge on any atom is 0.276 e. The monoisotopic (exact) mass is 489 g/mol. The van der Waals surface area contributed by atoms with E-state index < -0.39 is 16.1 Å². The van der Waals surface area contributed by atoms with Crippen LogP contribution in [0.3, 0.4) is 0 Å². The number of furan rings is 1. The van der Waals surface area contributed by atoms with Crippen LogP contribution in [-0.4, -0.2) is 24.4 Å². The van der Waals surface area contributed by atoms with Gasteiger partial charge in [0, 0.05) is 16.8 Å². The van der Waals surface area contributed by atoms with E-state index in [-0.39, 0.29) is 4.90 Å². The van der Waals surface area contributed by atoms with E-state index in [1.807, 2.05) is 37.3 Å². The Morgan fingerprint density at radius 1 is 1.06 bits per heavy atom. The molecule has 4 aromatic rings. The predicted octanol–water partition coefficient (Wildman–Crippen LogP) is 5.49. The highest BCUT2D eigenvalue weighted by Crippen LogP contribution is 2.29. The van der Waals surface area contributed by atoms with E-state index in [1.165, 1.54) is 23.9 Å². The van der Waals surface area contributed by atoms with Gasteiger partial charge in [-0.15, -0.1) is 10.2 Å². The molecule has 10 heteroatoms. The maximum absolute atomic E-state index is 12.9. The SMILES string of the molecule is Cc1occc1-c1nnc(SCCC(NS(=O)(=O)c2ccc(Cl)cc2)c2ccccc2)o1. The van der Waals surface area contributed by atoms with Crippen molar-refractivity contribution < 1.29 is 17.3 Å². The third kappa shape index (κ3) is 5.42. The molecule has 1 N–H and O–H groups in total. The van der Waals surface area contributed by atoms with Gasteiger partial charge in [-0.2, -0.15) is 0 Å². The van der Waals surface area contributed by atoms with Gasteiger partial charge in [-0.1, -0.05) is 53.7 Å². The van der Waals surface area contributed by atoms with Crippen molar-refractivity contribution in [3.63, 3.8) is 0 Å². The normalized spacial score (nSPS) is 12.7. The molecular weight excluding hydrogens is 470 g/mol. The molecule has 0 fully saturated rings. The summed E-state index contributed by atoms with van der Waals surface area (Å²) in [5, 5.41) is 9.02. The lowest BCUT2D eigenvalue weighted by Gasteiger charge is -2.19. The average molecular weight is 490 g/mol. The summed E-state index contributed by atoms with van der Waals surface area (Å²) in [6.45, 7) is 1.82. The number of nitrogens with one attached hydrogen (secondary N) is 1. The molecule has 0 bridgehead atoms. The molecule has 0 saturated heterocycles. The molecular formula is C22H20ClN3O4S2. The first-order valence-corrected chi connectivity index (χ1v) is 12.6. The zero-order chi connectivity index (χ0) is 22.6. The number of thioether (sulfide) groups is 1. The second-order valence-corrected chi connectivity index (χ2v) is 10.1. The first-order chi connectivity index (χ1) is 15.4. The fourth-order valence-electron chi connectivity index (χ4n) is 3.10. The van der Waals surface area contributed by atoms with Gasteiger partial charge in [-0.3, -0.25) is 0 Å². The molecule has 32 heavy (non-hydrogen) atoms. The summed E-state index contributed by atoms with van der Waals surface area (Å²) in [6, 6.07) is 16.9. The standard InChI is InChI=1S/C22H20ClN3O4S2/c1-15-19(11-13-29-15)21-24-25-22(30-21)31-14-12-20(16-5-3-2-4-6-16)26-32(27,28)18-9-7-17(23)8-10-18/h2-11,13,20,26H,12,14H2,1H3. The molecule has 0 aliphatic heterocycles. The minimum absolute atomic E-state index is 0.160.